The first-order chi connectivity index (χ1) is 6.79. The summed E-state index contributed by atoms with van der Waals surface area (Å²) in [5.41, 5.74) is 0. The maximum absolute atomic E-state index is 5.32. The van der Waals surface area contributed by atoms with Crippen molar-refractivity contribution in [3.63, 3.8) is 0 Å². The first-order valence-electron chi connectivity index (χ1n) is 5.80. The van der Waals surface area contributed by atoms with Crippen LogP contribution in [-0.4, -0.2) is 49.8 Å². The third-order valence-corrected chi connectivity index (χ3v) is 3.66. The van der Waals surface area contributed by atoms with Crippen LogP contribution in [0.2, 0.25) is 0 Å². The molecule has 1 unspecified atom stereocenters. The highest BCUT2D eigenvalue weighted by Crippen LogP contribution is 2.28. The van der Waals surface area contributed by atoms with Crippen LogP contribution in [0.5, 0.6) is 0 Å². The first kappa shape index (κ1) is 10.4. The SMILES string of the molecule is COC1CC(N2CCNC(C)CC2)C1. The van der Waals surface area contributed by atoms with E-state index in [1.165, 1.54) is 32.4 Å². The molecule has 1 saturated heterocycles. The number of hydrogen-bond acceptors (Lipinski definition) is 3. The van der Waals surface area contributed by atoms with Crippen molar-refractivity contribution in [3.05, 3.63) is 0 Å². The molecule has 0 aromatic heterocycles. The van der Waals surface area contributed by atoms with Gasteiger partial charge in [-0.15, -0.1) is 0 Å². The summed E-state index contributed by atoms with van der Waals surface area (Å²) in [6.07, 6.45) is 4.30. The normalized spacial score (nSPS) is 40.3. The quantitative estimate of drug-likeness (QED) is 0.712. The van der Waals surface area contributed by atoms with E-state index in [9.17, 15) is 0 Å². The van der Waals surface area contributed by atoms with Gasteiger partial charge in [-0.2, -0.15) is 0 Å². The Balaban J connectivity index is 1.75. The van der Waals surface area contributed by atoms with E-state index in [0.717, 1.165) is 12.6 Å². The van der Waals surface area contributed by atoms with Gasteiger partial charge in [0.05, 0.1) is 6.10 Å². The number of nitrogens with zero attached hydrogens (tertiary/aromatic N) is 1. The molecular formula is C11H22N2O. The summed E-state index contributed by atoms with van der Waals surface area (Å²) in [7, 11) is 1.83. The lowest BCUT2D eigenvalue weighted by Crippen LogP contribution is -2.48. The number of hydrogen-bond donors (Lipinski definition) is 1. The number of rotatable bonds is 2. The van der Waals surface area contributed by atoms with Crippen molar-refractivity contribution in [3.8, 4) is 0 Å². The zero-order valence-corrected chi connectivity index (χ0v) is 9.33. The van der Waals surface area contributed by atoms with Crippen LogP contribution in [-0.2, 0) is 4.74 Å². The van der Waals surface area contributed by atoms with E-state index >= 15 is 0 Å². The first-order valence-corrected chi connectivity index (χ1v) is 5.80. The molecule has 14 heavy (non-hydrogen) atoms. The Morgan fingerprint density at radius 2 is 2.07 bits per heavy atom. The van der Waals surface area contributed by atoms with E-state index in [1.54, 1.807) is 0 Å². The van der Waals surface area contributed by atoms with Gasteiger partial charge in [-0.1, -0.05) is 0 Å². The van der Waals surface area contributed by atoms with Crippen LogP contribution in [0.4, 0.5) is 0 Å². The second kappa shape index (κ2) is 4.60. The summed E-state index contributed by atoms with van der Waals surface area (Å²) in [5, 5.41) is 3.53. The maximum Gasteiger partial charge on any atom is 0.0601 e. The summed E-state index contributed by atoms with van der Waals surface area (Å²) in [6.45, 7) is 5.90. The molecule has 1 aliphatic heterocycles. The Labute approximate surface area is 86.8 Å². The smallest absolute Gasteiger partial charge is 0.0601 e. The van der Waals surface area contributed by atoms with E-state index in [4.69, 9.17) is 4.74 Å². The molecule has 2 fully saturated rings. The molecular weight excluding hydrogens is 176 g/mol. The van der Waals surface area contributed by atoms with Crippen LogP contribution in [0, 0.1) is 0 Å². The molecule has 3 heteroatoms. The average molecular weight is 198 g/mol. The fourth-order valence-corrected chi connectivity index (χ4v) is 2.42. The molecule has 2 rings (SSSR count). The summed E-state index contributed by atoms with van der Waals surface area (Å²) < 4.78 is 5.32. The highest BCUT2D eigenvalue weighted by Gasteiger charge is 2.33. The lowest BCUT2D eigenvalue weighted by molar-refractivity contribution is -0.0253. The van der Waals surface area contributed by atoms with E-state index in [2.05, 4.69) is 17.1 Å². The second-order valence-electron chi connectivity index (χ2n) is 4.66. The van der Waals surface area contributed by atoms with Gasteiger partial charge < -0.3 is 10.1 Å². The zero-order chi connectivity index (χ0) is 9.97. The Morgan fingerprint density at radius 3 is 2.79 bits per heavy atom. The molecule has 0 amide bonds. The van der Waals surface area contributed by atoms with Gasteiger partial charge in [0, 0.05) is 32.3 Å². The molecule has 0 radical (unpaired) electrons. The molecule has 1 aliphatic carbocycles. The molecule has 0 bridgehead atoms. The zero-order valence-electron chi connectivity index (χ0n) is 9.33. The van der Waals surface area contributed by atoms with Crippen molar-refractivity contribution in [2.24, 2.45) is 0 Å². The van der Waals surface area contributed by atoms with Gasteiger partial charge in [0.1, 0.15) is 0 Å². The Hall–Kier alpha value is -0.120. The molecule has 1 N–H and O–H groups in total. The fraction of sp³-hybridized carbons (Fsp3) is 1.00. The predicted octanol–water partition coefficient (Wildman–Crippen LogP) is 0.848. The molecule has 1 heterocycles. The average Bonchev–Trinajstić information content (AvgIpc) is 2.29. The van der Waals surface area contributed by atoms with E-state index in [0.29, 0.717) is 12.1 Å². The third-order valence-electron chi connectivity index (χ3n) is 3.66. The van der Waals surface area contributed by atoms with Gasteiger partial charge in [0.15, 0.2) is 0 Å². The molecule has 1 saturated carbocycles. The molecule has 0 aromatic rings. The number of methoxy groups -OCH3 is 1. The molecule has 2 aliphatic rings. The van der Waals surface area contributed by atoms with Gasteiger partial charge >= 0.3 is 0 Å². The largest absolute Gasteiger partial charge is 0.381 e. The molecule has 0 spiro atoms. The standard InChI is InChI=1S/C11H22N2O/c1-9-3-5-13(6-4-12-9)10-7-11(8-10)14-2/h9-12H,3-8H2,1-2H3. The van der Waals surface area contributed by atoms with Gasteiger partial charge in [0.2, 0.25) is 0 Å². The molecule has 82 valence electrons. The van der Waals surface area contributed by atoms with Crippen LogP contribution in [0.3, 0.4) is 0 Å². The summed E-state index contributed by atoms with van der Waals surface area (Å²) in [6, 6.07) is 1.49. The van der Waals surface area contributed by atoms with Crippen molar-refractivity contribution >= 4 is 0 Å². The number of ether oxygens (including phenoxy) is 1. The molecule has 3 nitrogen and oxygen atoms in total. The third kappa shape index (κ3) is 2.27. The highest BCUT2D eigenvalue weighted by molar-refractivity contribution is 4.89. The van der Waals surface area contributed by atoms with Gasteiger partial charge in [-0.3, -0.25) is 4.90 Å². The fourth-order valence-electron chi connectivity index (χ4n) is 2.42. The Morgan fingerprint density at radius 1 is 1.29 bits per heavy atom. The minimum Gasteiger partial charge on any atom is -0.381 e. The van der Waals surface area contributed by atoms with Crippen LogP contribution in [0.1, 0.15) is 26.2 Å². The summed E-state index contributed by atoms with van der Waals surface area (Å²) >= 11 is 0. The topological polar surface area (TPSA) is 24.5 Å². The van der Waals surface area contributed by atoms with E-state index < -0.39 is 0 Å². The molecule has 1 atom stereocenters. The van der Waals surface area contributed by atoms with Crippen molar-refractivity contribution in [1.82, 2.24) is 10.2 Å². The van der Waals surface area contributed by atoms with Gasteiger partial charge in [0.25, 0.3) is 0 Å². The minimum atomic E-state index is 0.536. The van der Waals surface area contributed by atoms with E-state index in [1.807, 2.05) is 7.11 Å². The summed E-state index contributed by atoms with van der Waals surface area (Å²) in [5.74, 6) is 0. The van der Waals surface area contributed by atoms with Gasteiger partial charge in [-0.25, -0.2) is 0 Å². The van der Waals surface area contributed by atoms with Crippen LogP contribution < -0.4 is 5.32 Å². The lowest BCUT2D eigenvalue weighted by Gasteiger charge is -2.41. The molecule has 0 aromatic carbocycles. The lowest BCUT2D eigenvalue weighted by atomic mass is 9.87. The maximum atomic E-state index is 5.32. The number of nitrogens with one attached hydrogen (secondary N) is 1. The predicted molar refractivity (Wildman–Crippen MR) is 57.5 cm³/mol. The monoisotopic (exact) mass is 198 g/mol. The minimum absolute atomic E-state index is 0.536. The van der Waals surface area contributed by atoms with Gasteiger partial charge in [-0.05, 0) is 32.7 Å². The summed E-state index contributed by atoms with van der Waals surface area (Å²) in [4.78, 5) is 2.63. The van der Waals surface area contributed by atoms with Crippen LogP contribution in [0.15, 0.2) is 0 Å². The van der Waals surface area contributed by atoms with Crippen molar-refractivity contribution in [1.29, 1.82) is 0 Å². The van der Waals surface area contributed by atoms with E-state index in [-0.39, 0.29) is 0 Å². The van der Waals surface area contributed by atoms with Crippen LogP contribution in [0.25, 0.3) is 0 Å². The Bertz CT molecular complexity index is 180. The highest BCUT2D eigenvalue weighted by atomic mass is 16.5. The van der Waals surface area contributed by atoms with Crippen molar-refractivity contribution < 1.29 is 4.74 Å². The van der Waals surface area contributed by atoms with Crippen LogP contribution >= 0.6 is 0 Å². The van der Waals surface area contributed by atoms with Crippen molar-refractivity contribution in [2.75, 3.05) is 26.7 Å². The Kier molecular flexibility index (Phi) is 3.42. The van der Waals surface area contributed by atoms with Crippen molar-refractivity contribution in [2.45, 2.75) is 44.4 Å². The second-order valence-corrected chi connectivity index (χ2v) is 4.66.